The number of aryl methyl sites for hydroxylation is 1. The van der Waals surface area contributed by atoms with Crippen molar-refractivity contribution in [2.45, 2.75) is 18.2 Å². The molecule has 0 aliphatic carbocycles. The van der Waals surface area contributed by atoms with E-state index in [9.17, 15) is 8.42 Å². The Hall–Kier alpha value is -2.15. The molecule has 1 heterocycles. The number of halogens is 1. The molecule has 0 fully saturated rings. The topological polar surface area (TPSA) is 64.0 Å². The summed E-state index contributed by atoms with van der Waals surface area (Å²) in [6, 6.07) is 14.5. The highest BCUT2D eigenvalue weighted by Gasteiger charge is 2.14. The summed E-state index contributed by atoms with van der Waals surface area (Å²) in [5.41, 5.74) is 2.76. The second-order valence-electron chi connectivity index (χ2n) is 5.69. The van der Waals surface area contributed by atoms with E-state index in [1.54, 1.807) is 23.0 Å². The Morgan fingerprint density at radius 3 is 2.64 bits per heavy atom. The predicted molar refractivity (Wildman–Crippen MR) is 98.6 cm³/mol. The molecule has 130 valence electrons. The number of aromatic nitrogens is 2. The number of hydrogen-bond donors (Lipinski definition) is 1. The monoisotopic (exact) mass is 375 g/mol. The van der Waals surface area contributed by atoms with Gasteiger partial charge in [0.05, 0.1) is 16.8 Å². The lowest BCUT2D eigenvalue weighted by atomic mass is 10.2. The van der Waals surface area contributed by atoms with Gasteiger partial charge in [0.25, 0.3) is 0 Å². The van der Waals surface area contributed by atoms with Gasteiger partial charge in [-0.1, -0.05) is 35.9 Å². The average molecular weight is 376 g/mol. The molecule has 3 rings (SSSR count). The van der Waals surface area contributed by atoms with Crippen molar-refractivity contribution in [2.24, 2.45) is 0 Å². The molecule has 0 atom stereocenters. The highest BCUT2D eigenvalue weighted by atomic mass is 35.5. The van der Waals surface area contributed by atoms with Crippen molar-refractivity contribution in [2.75, 3.05) is 6.54 Å². The molecule has 0 radical (unpaired) electrons. The third kappa shape index (κ3) is 4.28. The molecule has 5 nitrogen and oxygen atoms in total. The molecule has 7 heteroatoms. The number of nitrogens with zero attached hydrogens (tertiary/aromatic N) is 2. The van der Waals surface area contributed by atoms with Gasteiger partial charge in [0.15, 0.2) is 0 Å². The smallest absolute Gasteiger partial charge is 0.240 e. The molecular weight excluding hydrogens is 358 g/mol. The summed E-state index contributed by atoms with van der Waals surface area (Å²) in [4.78, 5) is 0.170. The molecule has 0 unspecified atom stereocenters. The maximum atomic E-state index is 12.3. The minimum atomic E-state index is -3.58. The van der Waals surface area contributed by atoms with Crippen LogP contribution in [0.3, 0.4) is 0 Å². The molecule has 0 amide bonds. The van der Waals surface area contributed by atoms with Crippen molar-refractivity contribution in [1.82, 2.24) is 14.5 Å². The van der Waals surface area contributed by atoms with Crippen LogP contribution in [0.2, 0.25) is 5.02 Å². The predicted octanol–water partition coefficient (Wildman–Crippen LogP) is 3.36. The van der Waals surface area contributed by atoms with E-state index in [0.29, 0.717) is 11.4 Å². The van der Waals surface area contributed by atoms with E-state index in [-0.39, 0.29) is 11.4 Å². The van der Waals surface area contributed by atoms with E-state index in [2.05, 4.69) is 9.82 Å². The van der Waals surface area contributed by atoms with E-state index in [4.69, 9.17) is 11.6 Å². The van der Waals surface area contributed by atoms with Crippen LogP contribution in [0.4, 0.5) is 0 Å². The minimum Gasteiger partial charge on any atom is -0.241 e. The number of benzene rings is 2. The van der Waals surface area contributed by atoms with Crippen molar-refractivity contribution in [3.8, 4) is 5.69 Å². The quantitative estimate of drug-likeness (QED) is 0.718. The highest BCUT2D eigenvalue weighted by Crippen LogP contribution is 2.19. The van der Waals surface area contributed by atoms with Gasteiger partial charge in [0.2, 0.25) is 10.0 Å². The first-order valence-corrected chi connectivity index (χ1v) is 9.66. The Balaban J connectivity index is 1.63. The zero-order valence-electron chi connectivity index (χ0n) is 13.7. The molecule has 0 aliphatic heterocycles. The van der Waals surface area contributed by atoms with Crippen LogP contribution >= 0.6 is 11.6 Å². The van der Waals surface area contributed by atoms with Crippen LogP contribution in [-0.4, -0.2) is 24.7 Å². The Morgan fingerprint density at radius 2 is 1.92 bits per heavy atom. The van der Waals surface area contributed by atoms with Crippen LogP contribution in [0.5, 0.6) is 0 Å². The number of nitrogens with one attached hydrogen (secondary N) is 1. The van der Waals surface area contributed by atoms with E-state index < -0.39 is 10.0 Å². The molecule has 3 aromatic rings. The molecule has 25 heavy (non-hydrogen) atoms. The van der Waals surface area contributed by atoms with Crippen molar-refractivity contribution < 1.29 is 8.42 Å². The van der Waals surface area contributed by atoms with Crippen molar-refractivity contribution in [1.29, 1.82) is 0 Å². The molecule has 0 aliphatic rings. The number of rotatable bonds is 6. The summed E-state index contributed by atoms with van der Waals surface area (Å²) < 4.78 is 29.0. The highest BCUT2D eigenvalue weighted by molar-refractivity contribution is 7.89. The SMILES string of the molecule is Cc1ccc(S(=O)(=O)NCCc2cnn(-c3ccccc3)c2)cc1Cl. The van der Waals surface area contributed by atoms with Gasteiger partial charge in [0.1, 0.15) is 0 Å². The molecule has 0 spiro atoms. The lowest BCUT2D eigenvalue weighted by molar-refractivity contribution is 0.581. The molecule has 1 aromatic heterocycles. The van der Waals surface area contributed by atoms with Crippen molar-refractivity contribution >= 4 is 21.6 Å². The third-order valence-corrected chi connectivity index (χ3v) is 5.68. The third-order valence-electron chi connectivity index (χ3n) is 3.82. The minimum absolute atomic E-state index is 0.170. The second kappa shape index (κ2) is 7.39. The maximum Gasteiger partial charge on any atom is 0.240 e. The van der Waals surface area contributed by atoms with E-state index in [1.807, 2.05) is 43.5 Å². The Morgan fingerprint density at radius 1 is 1.16 bits per heavy atom. The van der Waals surface area contributed by atoms with Gasteiger partial charge >= 0.3 is 0 Å². The second-order valence-corrected chi connectivity index (χ2v) is 7.86. The summed E-state index contributed by atoms with van der Waals surface area (Å²) >= 11 is 6.01. The van der Waals surface area contributed by atoms with Gasteiger partial charge in [-0.25, -0.2) is 17.8 Å². The van der Waals surface area contributed by atoms with Crippen LogP contribution in [-0.2, 0) is 16.4 Å². The average Bonchev–Trinajstić information content (AvgIpc) is 3.07. The molecule has 1 N–H and O–H groups in total. The van der Waals surface area contributed by atoms with Crippen LogP contribution in [0.1, 0.15) is 11.1 Å². The summed E-state index contributed by atoms with van der Waals surface area (Å²) in [6.45, 7) is 2.12. The van der Waals surface area contributed by atoms with Crippen molar-refractivity contribution in [3.63, 3.8) is 0 Å². The number of sulfonamides is 1. The van der Waals surface area contributed by atoms with Crippen LogP contribution in [0, 0.1) is 6.92 Å². The zero-order valence-corrected chi connectivity index (χ0v) is 15.3. The summed E-state index contributed by atoms with van der Waals surface area (Å²) in [7, 11) is -3.58. The fourth-order valence-corrected chi connectivity index (χ4v) is 3.67. The van der Waals surface area contributed by atoms with E-state index in [0.717, 1.165) is 16.8 Å². The lowest BCUT2D eigenvalue weighted by Crippen LogP contribution is -2.26. The molecule has 0 bridgehead atoms. The van der Waals surface area contributed by atoms with Gasteiger partial charge in [-0.3, -0.25) is 0 Å². The van der Waals surface area contributed by atoms with Crippen LogP contribution in [0.25, 0.3) is 5.69 Å². The zero-order chi connectivity index (χ0) is 17.9. The Labute approximate surface area is 152 Å². The van der Waals surface area contributed by atoms with E-state index >= 15 is 0 Å². The van der Waals surface area contributed by atoms with E-state index in [1.165, 1.54) is 6.07 Å². The summed E-state index contributed by atoms with van der Waals surface area (Å²) in [5, 5.41) is 4.74. The first-order chi connectivity index (χ1) is 12.0. The van der Waals surface area contributed by atoms with Gasteiger partial charge < -0.3 is 0 Å². The summed E-state index contributed by atoms with van der Waals surface area (Å²) in [5.74, 6) is 0. The fraction of sp³-hybridized carbons (Fsp3) is 0.167. The van der Waals surface area contributed by atoms with Crippen LogP contribution < -0.4 is 4.72 Å². The first-order valence-electron chi connectivity index (χ1n) is 7.80. The Kier molecular flexibility index (Phi) is 5.22. The van der Waals surface area contributed by atoms with Crippen molar-refractivity contribution in [3.05, 3.63) is 77.1 Å². The maximum absolute atomic E-state index is 12.3. The molecule has 2 aromatic carbocycles. The van der Waals surface area contributed by atoms with Gasteiger partial charge in [-0.05, 0) is 48.7 Å². The fourth-order valence-electron chi connectivity index (χ4n) is 2.36. The molecular formula is C18H18ClN3O2S. The summed E-state index contributed by atoms with van der Waals surface area (Å²) in [6.07, 6.45) is 4.18. The number of hydrogen-bond acceptors (Lipinski definition) is 3. The molecule has 0 saturated carbocycles. The van der Waals surface area contributed by atoms with Gasteiger partial charge in [-0.15, -0.1) is 0 Å². The number of para-hydroxylation sites is 1. The largest absolute Gasteiger partial charge is 0.241 e. The molecule has 0 saturated heterocycles. The first kappa shape index (κ1) is 17.7. The van der Waals surface area contributed by atoms with Gasteiger partial charge in [-0.2, -0.15) is 5.10 Å². The standard InChI is InChI=1S/C18H18ClN3O2S/c1-14-7-8-17(11-18(14)19)25(23,24)21-10-9-15-12-20-22(13-15)16-5-3-2-4-6-16/h2-8,11-13,21H,9-10H2,1H3. The lowest BCUT2D eigenvalue weighted by Gasteiger charge is -2.07. The van der Waals surface area contributed by atoms with Crippen LogP contribution in [0.15, 0.2) is 65.8 Å². The normalized spacial score (nSPS) is 11.6. The Bertz CT molecular complexity index is 969. The van der Waals surface area contributed by atoms with Gasteiger partial charge in [0, 0.05) is 17.8 Å².